The van der Waals surface area contributed by atoms with E-state index in [1.54, 1.807) is 10.5 Å². The Morgan fingerprint density at radius 2 is 2.38 bits per heavy atom. The fourth-order valence-corrected chi connectivity index (χ4v) is 1.59. The number of hydrogen-bond acceptors (Lipinski definition) is 2. The number of rotatable bonds is 1. The molecule has 0 saturated carbocycles. The molecule has 1 N–H and O–H groups in total. The van der Waals surface area contributed by atoms with E-state index in [0.29, 0.717) is 10.7 Å². The maximum Gasteiger partial charge on any atom is 0.156 e. The Morgan fingerprint density at radius 1 is 1.62 bits per heavy atom. The zero-order valence-electron chi connectivity index (χ0n) is 7.16. The zero-order valence-corrected chi connectivity index (χ0v) is 7.91. The van der Waals surface area contributed by atoms with Gasteiger partial charge in [-0.15, -0.1) is 0 Å². The molecule has 0 aliphatic heterocycles. The lowest BCUT2D eigenvalue weighted by atomic mass is 10.3. The van der Waals surface area contributed by atoms with Crippen LogP contribution in [0, 0.1) is 6.92 Å². The van der Waals surface area contributed by atoms with Crippen molar-refractivity contribution in [2.24, 2.45) is 0 Å². The molecule has 0 fully saturated rings. The maximum absolute atomic E-state index is 9.09. The predicted octanol–water partition coefficient (Wildman–Crippen LogP) is 1.79. The number of aromatic nitrogens is 2. The first-order valence-electron chi connectivity index (χ1n) is 3.97. The van der Waals surface area contributed by atoms with Crippen molar-refractivity contribution < 1.29 is 5.11 Å². The van der Waals surface area contributed by atoms with Gasteiger partial charge in [0.25, 0.3) is 0 Å². The van der Waals surface area contributed by atoms with E-state index in [1.165, 1.54) is 0 Å². The van der Waals surface area contributed by atoms with Crippen LogP contribution >= 0.6 is 11.6 Å². The minimum Gasteiger partial charge on any atom is -0.390 e. The number of halogens is 1. The lowest BCUT2D eigenvalue weighted by Crippen LogP contribution is -1.93. The van der Waals surface area contributed by atoms with Gasteiger partial charge >= 0.3 is 0 Å². The van der Waals surface area contributed by atoms with Gasteiger partial charge in [0.2, 0.25) is 0 Å². The number of nitrogens with zero attached hydrogens (tertiary/aromatic N) is 2. The third kappa shape index (κ3) is 1.20. The van der Waals surface area contributed by atoms with E-state index in [4.69, 9.17) is 16.7 Å². The second-order valence-corrected chi connectivity index (χ2v) is 3.26. The quantitative estimate of drug-likeness (QED) is 0.755. The molecule has 2 rings (SSSR count). The maximum atomic E-state index is 9.09. The van der Waals surface area contributed by atoms with Crippen molar-refractivity contribution in [1.29, 1.82) is 0 Å². The summed E-state index contributed by atoms with van der Waals surface area (Å²) in [5.41, 5.74) is 2.30. The first-order valence-corrected chi connectivity index (χ1v) is 4.34. The molecule has 0 saturated heterocycles. The van der Waals surface area contributed by atoms with E-state index < -0.39 is 0 Å². The Morgan fingerprint density at radius 3 is 3.08 bits per heavy atom. The van der Waals surface area contributed by atoms with Gasteiger partial charge in [0.15, 0.2) is 5.65 Å². The van der Waals surface area contributed by atoms with Crippen LogP contribution in [0.2, 0.25) is 5.02 Å². The molecule has 13 heavy (non-hydrogen) atoms. The number of aliphatic hydroxyl groups is 1. The molecular formula is C9H9ClN2O. The normalized spacial score (nSPS) is 11.0. The van der Waals surface area contributed by atoms with Gasteiger partial charge in [0.1, 0.15) is 0 Å². The predicted molar refractivity (Wildman–Crippen MR) is 50.9 cm³/mol. The highest BCUT2D eigenvalue weighted by Gasteiger charge is 2.08. The van der Waals surface area contributed by atoms with Crippen LogP contribution in [0.25, 0.3) is 5.65 Å². The minimum atomic E-state index is -0.0205. The van der Waals surface area contributed by atoms with Crippen LogP contribution in [-0.2, 0) is 6.61 Å². The van der Waals surface area contributed by atoms with Crippen LogP contribution in [0.4, 0.5) is 0 Å². The summed E-state index contributed by atoms with van der Waals surface area (Å²) in [6.45, 7) is 1.84. The van der Waals surface area contributed by atoms with E-state index in [9.17, 15) is 0 Å². The molecule has 2 aromatic heterocycles. The van der Waals surface area contributed by atoms with Gasteiger partial charge in [-0.25, -0.2) is 4.98 Å². The molecule has 0 aliphatic carbocycles. The fraction of sp³-hybridized carbons (Fsp3) is 0.222. The molecule has 0 atom stereocenters. The molecule has 0 aromatic carbocycles. The number of pyridine rings is 1. The summed E-state index contributed by atoms with van der Waals surface area (Å²) in [6.07, 6.45) is 1.84. The molecule has 0 spiro atoms. The van der Waals surface area contributed by atoms with Crippen molar-refractivity contribution >= 4 is 17.2 Å². The second kappa shape index (κ2) is 3.01. The number of aliphatic hydroxyl groups excluding tert-OH is 1. The van der Waals surface area contributed by atoms with Crippen molar-refractivity contribution in [1.82, 2.24) is 9.38 Å². The molecule has 0 radical (unpaired) electrons. The average Bonchev–Trinajstić information content (AvgIpc) is 2.43. The van der Waals surface area contributed by atoms with Crippen LogP contribution in [-0.4, -0.2) is 14.5 Å². The number of hydrogen-bond donors (Lipinski definition) is 1. The van der Waals surface area contributed by atoms with E-state index in [0.717, 1.165) is 11.4 Å². The summed E-state index contributed by atoms with van der Waals surface area (Å²) in [5, 5.41) is 9.69. The van der Waals surface area contributed by atoms with Gasteiger partial charge in [-0.05, 0) is 19.1 Å². The Kier molecular flexibility index (Phi) is 1.98. The first-order chi connectivity index (χ1) is 6.24. The molecule has 2 aromatic rings. The van der Waals surface area contributed by atoms with Crippen LogP contribution in [0.1, 0.15) is 11.4 Å². The molecule has 0 unspecified atom stereocenters. The summed E-state index contributed by atoms with van der Waals surface area (Å²) in [6, 6.07) is 3.61. The zero-order chi connectivity index (χ0) is 9.42. The van der Waals surface area contributed by atoms with E-state index in [-0.39, 0.29) is 6.61 Å². The molecule has 0 bridgehead atoms. The van der Waals surface area contributed by atoms with Crippen molar-refractivity contribution in [2.45, 2.75) is 13.5 Å². The van der Waals surface area contributed by atoms with Crippen molar-refractivity contribution in [2.75, 3.05) is 0 Å². The van der Waals surface area contributed by atoms with E-state index in [2.05, 4.69) is 4.98 Å². The molecule has 2 heterocycles. The minimum absolute atomic E-state index is 0.0205. The van der Waals surface area contributed by atoms with E-state index in [1.807, 2.05) is 19.2 Å². The van der Waals surface area contributed by atoms with Crippen LogP contribution < -0.4 is 0 Å². The third-order valence-corrected chi connectivity index (χ3v) is 2.35. The van der Waals surface area contributed by atoms with Gasteiger partial charge in [-0.2, -0.15) is 0 Å². The Bertz CT molecular complexity index is 450. The smallest absolute Gasteiger partial charge is 0.156 e. The Labute approximate surface area is 80.6 Å². The van der Waals surface area contributed by atoms with Gasteiger partial charge in [-0.1, -0.05) is 11.6 Å². The molecule has 68 valence electrons. The molecule has 3 nitrogen and oxygen atoms in total. The van der Waals surface area contributed by atoms with Gasteiger partial charge in [0.05, 0.1) is 23.0 Å². The highest BCUT2D eigenvalue weighted by atomic mass is 35.5. The first kappa shape index (κ1) is 8.53. The standard InChI is InChI=1S/C9H9ClN2O/c1-6-8(5-13)12-4-2-3-7(10)9(12)11-6/h2-4,13H,5H2,1H3. The van der Waals surface area contributed by atoms with Crippen molar-refractivity contribution in [3.05, 3.63) is 34.7 Å². The SMILES string of the molecule is Cc1nc2c(Cl)cccn2c1CO. The van der Waals surface area contributed by atoms with Crippen LogP contribution in [0.15, 0.2) is 18.3 Å². The van der Waals surface area contributed by atoms with Crippen molar-refractivity contribution in [3.63, 3.8) is 0 Å². The summed E-state index contributed by atoms with van der Waals surface area (Å²) in [5.74, 6) is 0. The molecule has 0 aliphatic rings. The molecule has 0 amide bonds. The lowest BCUT2D eigenvalue weighted by molar-refractivity contribution is 0.275. The van der Waals surface area contributed by atoms with Gasteiger partial charge in [0, 0.05) is 6.20 Å². The van der Waals surface area contributed by atoms with Gasteiger partial charge in [-0.3, -0.25) is 0 Å². The van der Waals surface area contributed by atoms with E-state index >= 15 is 0 Å². The lowest BCUT2D eigenvalue weighted by Gasteiger charge is -1.98. The van der Waals surface area contributed by atoms with Gasteiger partial charge < -0.3 is 9.51 Å². The Balaban J connectivity index is 2.86. The summed E-state index contributed by atoms with van der Waals surface area (Å²) in [7, 11) is 0. The largest absolute Gasteiger partial charge is 0.390 e. The molecular weight excluding hydrogens is 188 g/mol. The topological polar surface area (TPSA) is 37.5 Å². The summed E-state index contributed by atoms with van der Waals surface area (Å²) in [4.78, 5) is 4.25. The number of aryl methyl sites for hydroxylation is 1. The highest BCUT2D eigenvalue weighted by molar-refractivity contribution is 6.33. The van der Waals surface area contributed by atoms with Crippen LogP contribution in [0.5, 0.6) is 0 Å². The fourth-order valence-electron chi connectivity index (χ4n) is 1.39. The van der Waals surface area contributed by atoms with Crippen molar-refractivity contribution in [3.8, 4) is 0 Å². The number of fused-ring (bicyclic) bond motifs is 1. The van der Waals surface area contributed by atoms with Crippen LogP contribution in [0.3, 0.4) is 0 Å². The number of imidazole rings is 1. The monoisotopic (exact) mass is 196 g/mol. The average molecular weight is 197 g/mol. The molecule has 4 heteroatoms. The highest BCUT2D eigenvalue weighted by Crippen LogP contribution is 2.19. The third-order valence-electron chi connectivity index (χ3n) is 2.05. The second-order valence-electron chi connectivity index (χ2n) is 2.85. The summed E-state index contributed by atoms with van der Waals surface area (Å²) < 4.78 is 1.80. The Hall–Kier alpha value is -1.06. The summed E-state index contributed by atoms with van der Waals surface area (Å²) >= 11 is 5.93.